The van der Waals surface area contributed by atoms with Gasteiger partial charge in [-0.15, -0.1) is 0 Å². The Morgan fingerprint density at radius 2 is 2.14 bits per heavy atom. The van der Waals surface area contributed by atoms with Gasteiger partial charge < -0.3 is 10.4 Å². The highest BCUT2D eigenvalue weighted by molar-refractivity contribution is 4.99. The minimum Gasteiger partial charge on any atom is -0.385 e. The molecule has 1 unspecified atom stereocenters. The SMILES string of the molecule is CC(C)(C)NCC(O)c1cnccn1. The van der Waals surface area contributed by atoms with Crippen molar-refractivity contribution in [2.24, 2.45) is 0 Å². The van der Waals surface area contributed by atoms with Gasteiger partial charge in [-0.3, -0.25) is 9.97 Å². The van der Waals surface area contributed by atoms with E-state index in [0.717, 1.165) is 0 Å². The Morgan fingerprint density at radius 1 is 1.43 bits per heavy atom. The van der Waals surface area contributed by atoms with Crippen molar-refractivity contribution in [1.29, 1.82) is 0 Å². The fourth-order valence-corrected chi connectivity index (χ4v) is 0.990. The number of rotatable bonds is 3. The standard InChI is InChI=1S/C10H17N3O/c1-10(2,3)13-7-9(14)8-6-11-4-5-12-8/h4-6,9,13-14H,7H2,1-3H3. The molecule has 0 aliphatic carbocycles. The average molecular weight is 195 g/mol. The summed E-state index contributed by atoms with van der Waals surface area (Å²) in [6.45, 7) is 6.64. The molecule has 1 aromatic rings. The molecule has 2 N–H and O–H groups in total. The molecule has 4 nitrogen and oxygen atoms in total. The highest BCUT2D eigenvalue weighted by atomic mass is 16.3. The third-order valence-corrected chi connectivity index (χ3v) is 1.75. The van der Waals surface area contributed by atoms with E-state index in [1.54, 1.807) is 18.6 Å². The number of aliphatic hydroxyl groups excluding tert-OH is 1. The zero-order chi connectivity index (χ0) is 10.6. The van der Waals surface area contributed by atoms with Crippen LogP contribution in [0.15, 0.2) is 18.6 Å². The lowest BCUT2D eigenvalue weighted by Gasteiger charge is -2.22. The van der Waals surface area contributed by atoms with Crippen LogP contribution in [0.5, 0.6) is 0 Å². The average Bonchev–Trinajstić information content (AvgIpc) is 2.14. The fourth-order valence-electron chi connectivity index (χ4n) is 0.990. The first-order valence-electron chi connectivity index (χ1n) is 4.68. The summed E-state index contributed by atoms with van der Waals surface area (Å²) in [4.78, 5) is 7.93. The van der Waals surface area contributed by atoms with Crippen LogP contribution in [0, 0.1) is 0 Å². The molecule has 0 aliphatic rings. The van der Waals surface area contributed by atoms with Gasteiger partial charge in [0, 0.05) is 24.5 Å². The van der Waals surface area contributed by atoms with Crippen molar-refractivity contribution in [2.75, 3.05) is 6.54 Å². The summed E-state index contributed by atoms with van der Waals surface area (Å²) in [6, 6.07) is 0. The monoisotopic (exact) mass is 195 g/mol. The maximum Gasteiger partial charge on any atom is 0.110 e. The first-order chi connectivity index (χ1) is 6.49. The van der Waals surface area contributed by atoms with Crippen LogP contribution in [-0.4, -0.2) is 27.2 Å². The van der Waals surface area contributed by atoms with Crippen LogP contribution in [0.2, 0.25) is 0 Å². The largest absolute Gasteiger partial charge is 0.385 e. The number of hydrogen-bond acceptors (Lipinski definition) is 4. The molecule has 1 atom stereocenters. The van der Waals surface area contributed by atoms with Gasteiger partial charge in [0.1, 0.15) is 6.10 Å². The van der Waals surface area contributed by atoms with E-state index in [1.165, 1.54) is 0 Å². The molecule has 4 heteroatoms. The summed E-state index contributed by atoms with van der Waals surface area (Å²) >= 11 is 0. The lowest BCUT2D eigenvalue weighted by atomic mass is 10.1. The minimum absolute atomic E-state index is 0.00316. The molecule has 0 saturated heterocycles. The Labute approximate surface area is 84.4 Å². The molecule has 0 aromatic carbocycles. The van der Waals surface area contributed by atoms with Crippen LogP contribution in [0.4, 0.5) is 0 Å². The second kappa shape index (κ2) is 4.48. The van der Waals surface area contributed by atoms with Gasteiger partial charge in [0.2, 0.25) is 0 Å². The Morgan fingerprint density at radius 3 is 2.64 bits per heavy atom. The van der Waals surface area contributed by atoms with Gasteiger partial charge in [-0.2, -0.15) is 0 Å². The van der Waals surface area contributed by atoms with Crippen LogP contribution in [0.1, 0.15) is 32.6 Å². The highest BCUT2D eigenvalue weighted by Gasteiger charge is 2.14. The van der Waals surface area contributed by atoms with Gasteiger partial charge in [-0.1, -0.05) is 0 Å². The number of nitrogens with zero attached hydrogens (tertiary/aromatic N) is 2. The molecule has 0 fully saturated rings. The molecule has 1 heterocycles. The normalized spacial score (nSPS) is 14.0. The maximum atomic E-state index is 9.72. The van der Waals surface area contributed by atoms with E-state index >= 15 is 0 Å². The van der Waals surface area contributed by atoms with E-state index in [-0.39, 0.29) is 5.54 Å². The Hall–Kier alpha value is -1.00. The summed E-state index contributed by atoms with van der Waals surface area (Å²) in [5, 5.41) is 12.9. The van der Waals surface area contributed by atoms with E-state index in [9.17, 15) is 5.11 Å². The third-order valence-electron chi connectivity index (χ3n) is 1.75. The van der Waals surface area contributed by atoms with Crippen LogP contribution in [0.25, 0.3) is 0 Å². The van der Waals surface area contributed by atoms with Gasteiger partial charge in [-0.05, 0) is 20.8 Å². The van der Waals surface area contributed by atoms with Crippen molar-refractivity contribution in [3.8, 4) is 0 Å². The first-order valence-corrected chi connectivity index (χ1v) is 4.68. The van der Waals surface area contributed by atoms with Gasteiger partial charge in [0.25, 0.3) is 0 Å². The molecule has 0 saturated carbocycles. The van der Waals surface area contributed by atoms with Gasteiger partial charge in [0.05, 0.1) is 11.9 Å². The van der Waals surface area contributed by atoms with Crippen LogP contribution in [-0.2, 0) is 0 Å². The summed E-state index contributed by atoms with van der Waals surface area (Å²) < 4.78 is 0. The van der Waals surface area contributed by atoms with Gasteiger partial charge in [0.15, 0.2) is 0 Å². The third kappa shape index (κ3) is 3.81. The molecule has 0 bridgehead atoms. The predicted octanol–water partition coefficient (Wildman–Crippen LogP) is 0.898. The molecule has 0 spiro atoms. The zero-order valence-corrected chi connectivity index (χ0v) is 8.86. The number of aromatic nitrogens is 2. The Kier molecular flexibility index (Phi) is 3.55. The number of nitrogens with one attached hydrogen (secondary N) is 1. The number of aliphatic hydroxyl groups is 1. The molecular formula is C10H17N3O. The summed E-state index contributed by atoms with van der Waals surface area (Å²) in [7, 11) is 0. The van der Waals surface area contributed by atoms with Crippen molar-refractivity contribution < 1.29 is 5.11 Å². The number of β-amino-alcohol motifs (C(OH)–C–C–N with tert-alkyl or cyclic N) is 1. The van der Waals surface area contributed by atoms with E-state index in [2.05, 4.69) is 36.1 Å². The molecule has 0 aliphatic heterocycles. The second-order valence-electron chi connectivity index (χ2n) is 4.28. The first kappa shape index (κ1) is 11.1. The van der Waals surface area contributed by atoms with E-state index < -0.39 is 6.10 Å². The maximum absolute atomic E-state index is 9.72. The van der Waals surface area contributed by atoms with Gasteiger partial charge >= 0.3 is 0 Å². The van der Waals surface area contributed by atoms with Crippen molar-refractivity contribution >= 4 is 0 Å². The summed E-state index contributed by atoms with van der Waals surface area (Å²) in [6.07, 6.45) is 4.15. The van der Waals surface area contributed by atoms with Crippen LogP contribution >= 0.6 is 0 Å². The minimum atomic E-state index is -0.595. The molecule has 1 aromatic heterocycles. The van der Waals surface area contributed by atoms with Crippen molar-refractivity contribution in [3.05, 3.63) is 24.3 Å². The predicted molar refractivity (Wildman–Crippen MR) is 54.7 cm³/mol. The topological polar surface area (TPSA) is 58.0 Å². The zero-order valence-electron chi connectivity index (χ0n) is 8.86. The lowest BCUT2D eigenvalue weighted by molar-refractivity contribution is 0.158. The Balaban J connectivity index is 2.48. The molecule has 0 amide bonds. The molecule has 1 rings (SSSR count). The van der Waals surface area contributed by atoms with E-state index in [4.69, 9.17) is 0 Å². The van der Waals surface area contributed by atoms with E-state index in [1.807, 2.05) is 0 Å². The molecule has 78 valence electrons. The molecule has 0 radical (unpaired) electrons. The summed E-state index contributed by atoms with van der Waals surface area (Å²) in [5.41, 5.74) is 0.604. The van der Waals surface area contributed by atoms with Crippen molar-refractivity contribution in [3.63, 3.8) is 0 Å². The molecule has 14 heavy (non-hydrogen) atoms. The lowest BCUT2D eigenvalue weighted by Crippen LogP contribution is -2.38. The number of hydrogen-bond donors (Lipinski definition) is 2. The van der Waals surface area contributed by atoms with Crippen molar-refractivity contribution in [2.45, 2.75) is 32.4 Å². The summed E-state index contributed by atoms with van der Waals surface area (Å²) in [5.74, 6) is 0. The quantitative estimate of drug-likeness (QED) is 0.752. The second-order valence-corrected chi connectivity index (χ2v) is 4.28. The van der Waals surface area contributed by atoms with Crippen LogP contribution in [0.3, 0.4) is 0 Å². The molecular weight excluding hydrogens is 178 g/mol. The smallest absolute Gasteiger partial charge is 0.110 e. The van der Waals surface area contributed by atoms with E-state index in [0.29, 0.717) is 12.2 Å². The highest BCUT2D eigenvalue weighted by Crippen LogP contribution is 2.08. The van der Waals surface area contributed by atoms with Crippen LogP contribution < -0.4 is 5.32 Å². The Bertz CT molecular complexity index is 268. The van der Waals surface area contributed by atoms with Crippen molar-refractivity contribution in [1.82, 2.24) is 15.3 Å². The van der Waals surface area contributed by atoms with Gasteiger partial charge in [-0.25, -0.2) is 0 Å². The fraction of sp³-hybridized carbons (Fsp3) is 0.600.